The molecule has 1 saturated heterocycles. The monoisotopic (exact) mass is 492 g/mol. The minimum Gasteiger partial charge on any atom is -0.320 e. The van der Waals surface area contributed by atoms with Crippen LogP contribution in [0.5, 0.6) is 0 Å². The van der Waals surface area contributed by atoms with Gasteiger partial charge in [0.15, 0.2) is 0 Å². The van der Waals surface area contributed by atoms with Crippen molar-refractivity contribution in [1.82, 2.24) is 14.1 Å². The zero-order valence-electron chi connectivity index (χ0n) is 18.3. The molecule has 1 aromatic heterocycles. The Morgan fingerprint density at radius 3 is 2.44 bits per heavy atom. The molecule has 0 spiro atoms. The van der Waals surface area contributed by atoms with Crippen molar-refractivity contribution in [3.63, 3.8) is 0 Å². The van der Waals surface area contributed by atoms with Gasteiger partial charge in [-0.2, -0.15) is 22.6 Å². The minimum atomic E-state index is -4.61. The Labute approximate surface area is 195 Å². The Bertz CT molecular complexity index is 1300. The van der Waals surface area contributed by atoms with E-state index in [-0.39, 0.29) is 21.8 Å². The molecule has 0 aliphatic carbocycles. The quantitative estimate of drug-likeness (QED) is 0.563. The summed E-state index contributed by atoms with van der Waals surface area (Å²) in [4.78, 5) is 13.1. The second-order valence-corrected chi connectivity index (χ2v) is 10.0. The Balaban J connectivity index is 1.70. The van der Waals surface area contributed by atoms with E-state index in [1.54, 1.807) is 13.0 Å². The largest absolute Gasteiger partial charge is 0.416 e. The van der Waals surface area contributed by atoms with Crippen LogP contribution in [0, 0.1) is 6.92 Å². The van der Waals surface area contributed by atoms with Gasteiger partial charge in [-0.15, -0.1) is 0 Å². The molecule has 7 nitrogen and oxygen atoms in total. The number of hydrogen-bond donors (Lipinski definition) is 1. The molecule has 180 valence electrons. The number of nitrogens with one attached hydrogen (secondary N) is 1. The van der Waals surface area contributed by atoms with Crippen LogP contribution in [0.25, 0.3) is 5.69 Å². The van der Waals surface area contributed by atoms with Crippen LogP contribution in [-0.2, 0) is 16.2 Å². The summed E-state index contributed by atoms with van der Waals surface area (Å²) in [6.07, 6.45) is 0.885. The maximum atomic E-state index is 13.3. The maximum absolute atomic E-state index is 13.3. The fraction of sp³-hybridized carbons (Fsp3) is 0.304. The number of benzene rings is 2. The zero-order chi connectivity index (χ0) is 24.5. The summed E-state index contributed by atoms with van der Waals surface area (Å²) in [5.74, 6) is -0.721. The van der Waals surface area contributed by atoms with E-state index in [0.717, 1.165) is 31.4 Å². The molecule has 2 heterocycles. The predicted molar refractivity (Wildman–Crippen MR) is 120 cm³/mol. The van der Waals surface area contributed by atoms with Crippen molar-refractivity contribution in [3.8, 4) is 5.69 Å². The molecular weight excluding hydrogens is 469 g/mol. The third kappa shape index (κ3) is 4.85. The number of anilines is 1. The van der Waals surface area contributed by atoms with Crippen LogP contribution >= 0.6 is 0 Å². The summed E-state index contributed by atoms with van der Waals surface area (Å²) in [5, 5.41) is 6.55. The summed E-state index contributed by atoms with van der Waals surface area (Å²) >= 11 is 0. The Kier molecular flexibility index (Phi) is 6.50. The van der Waals surface area contributed by atoms with Crippen LogP contribution < -0.4 is 5.32 Å². The lowest BCUT2D eigenvalue weighted by Gasteiger charge is -2.26. The molecule has 0 unspecified atom stereocenters. The van der Waals surface area contributed by atoms with Crippen molar-refractivity contribution in [2.24, 2.45) is 0 Å². The van der Waals surface area contributed by atoms with Crippen LogP contribution in [0.3, 0.4) is 0 Å². The van der Waals surface area contributed by atoms with E-state index in [1.807, 2.05) is 0 Å². The molecule has 1 aliphatic rings. The van der Waals surface area contributed by atoms with Gasteiger partial charge in [-0.3, -0.25) is 4.79 Å². The molecule has 11 heteroatoms. The van der Waals surface area contributed by atoms with E-state index < -0.39 is 27.7 Å². The van der Waals surface area contributed by atoms with Crippen LogP contribution in [0.15, 0.2) is 59.8 Å². The average molecular weight is 493 g/mol. The highest BCUT2D eigenvalue weighted by Crippen LogP contribution is 2.34. The van der Waals surface area contributed by atoms with Gasteiger partial charge in [0, 0.05) is 31.0 Å². The van der Waals surface area contributed by atoms with Crippen LogP contribution in [0.2, 0.25) is 0 Å². The Morgan fingerprint density at radius 1 is 1.06 bits per heavy atom. The lowest BCUT2D eigenvalue weighted by molar-refractivity contribution is -0.137. The number of carbonyl (C=O) groups excluding carboxylic acids is 1. The molecular formula is C23H23F3N4O3S. The fourth-order valence-corrected chi connectivity index (χ4v) is 5.42. The van der Waals surface area contributed by atoms with Crippen molar-refractivity contribution in [3.05, 3.63) is 71.5 Å². The van der Waals surface area contributed by atoms with Gasteiger partial charge in [0.25, 0.3) is 5.91 Å². The molecule has 1 amide bonds. The van der Waals surface area contributed by atoms with Gasteiger partial charge < -0.3 is 5.32 Å². The second-order valence-electron chi connectivity index (χ2n) is 8.08. The van der Waals surface area contributed by atoms with Crippen LogP contribution in [0.1, 0.15) is 40.7 Å². The summed E-state index contributed by atoms with van der Waals surface area (Å²) in [6.45, 7) is 2.46. The number of amides is 1. The number of aromatic nitrogens is 2. The van der Waals surface area contributed by atoms with Crippen molar-refractivity contribution >= 4 is 21.6 Å². The topological polar surface area (TPSA) is 84.3 Å². The molecule has 1 fully saturated rings. The molecule has 0 saturated carbocycles. The van der Waals surface area contributed by atoms with Gasteiger partial charge in [-0.05, 0) is 61.7 Å². The number of alkyl halides is 3. The summed E-state index contributed by atoms with van der Waals surface area (Å²) in [7, 11) is -3.79. The van der Waals surface area contributed by atoms with Gasteiger partial charge in [0.05, 0.1) is 21.8 Å². The fourth-order valence-electron chi connectivity index (χ4n) is 3.87. The van der Waals surface area contributed by atoms with Crippen molar-refractivity contribution in [2.45, 2.75) is 37.3 Å². The number of sulfonamides is 1. The molecule has 2 aromatic carbocycles. The van der Waals surface area contributed by atoms with E-state index in [4.69, 9.17) is 0 Å². The van der Waals surface area contributed by atoms with Crippen molar-refractivity contribution < 1.29 is 26.4 Å². The first-order valence-electron chi connectivity index (χ1n) is 10.7. The Hall–Kier alpha value is -3.18. The van der Waals surface area contributed by atoms with Gasteiger partial charge in [-0.1, -0.05) is 12.5 Å². The minimum absolute atomic E-state index is 0.0264. The first kappa shape index (κ1) is 24.0. The number of piperidine rings is 1. The summed E-state index contributed by atoms with van der Waals surface area (Å²) in [5.41, 5.74) is -0.255. The van der Waals surface area contributed by atoms with Crippen LogP contribution in [0.4, 0.5) is 18.9 Å². The number of carbonyl (C=O) groups is 1. The highest BCUT2D eigenvalue weighted by Gasteiger charge is 2.32. The molecule has 0 radical (unpaired) electrons. The number of hydrogen-bond acceptors (Lipinski definition) is 4. The maximum Gasteiger partial charge on any atom is 0.416 e. The van der Waals surface area contributed by atoms with Crippen molar-refractivity contribution in [2.75, 3.05) is 18.4 Å². The number of rotatable bonds is 5. The van der Waals surface area contributed by atoms with Gasteiger partial charge in [-0.25, -0.2) is 13.1 Å². The Morgan fingerprint density at radius 2 is 1.79 bits per heavy atom. The lowest BCUT2D eigenvalue weighted by atomic mass is 10.1. The highest BCUT2D eigenvalue weighted by atomic mass is 32.2. The normalized spacial score (nSPS) is 15.3. The molecule has 0 atom stereocenters. The number of nitrogens with zero attached hydrogens (tertiary/aromatic N) is 3. The molecule has 3 aromatic rings. The molecule has 0 bridgehead atoms. The van der Waals surface area contributed by atoms with E-state index in [1.165, 1.54) is 45.6 Å². The first-order valence-corrected chi connectivity index (χ1v) is 12.1. The van der Waals surface area contributed by atoms with E-state index >= 15 is 0 Å². The van der Waals surface area contributed by atoms with E-state index in [9.17, 15) is 26.4 Å². The summed E-state index contributed by atoms with van der Waals surface area (Å²) < 4.78 is 68.8. The van der Waals surface area contributed by atoms with Gasteiger partial charge in [0.1, 0.15) is 0 Å². The lowest BCUT2D eigenvalue weighted by Crippen LogP contribution is -2.35. The van der Waals surface area contributed by atoms with E-state index in [0.29, 0.717) is 18.7 Å². The first-order chi connectivity index (χ1) is 16.1. The molecule has 1 N–H and O–H groups in total. The molecule has 4 rings (SSSR count). The summed E-state index contributed by atoms with van der Waals surface area (Å²) in [6, 6.07) is 8.79. The SMILES string of the molecule is Cc1ccc(S(=O)(=O)N2CCCCC2)cc1C(=O)Nc1cc(C(F)(F)F)ccc1-n1cccn1. The smallest absolute Gasteiger partial charge is 0.320 e. The second kappa shape index (κ2) is 9.22. The third-order valence-electron chi connectivity index (χ3n) is 5.73. The molecule has 34 heavy (non-hydrogen) atoms. The van der Waals surface area contributed by atoms with E-state index in [2.05, 4.69) is 10.4 Å². The predicted octanol–water partition coefficient (Wildman–Crippen LogP) is 4.63. The third-order valence-corrected chi connectivity index (χ3v) is 7.62. The van der Waals surface area contributed by atoms with Gasteiger partial charge >= 0.3 is 6.18 Å². The number of aryl methyl sites for hydroxylation is 1. The highest BCUT2D eigenvalue weighted by molar-refractivity contribution is 7.89. The van der Waals surface area contributed by atoms with Gasteiger partial charge in [0.2, 0.25) is 10.0 Å². The average Bonchev–Trinajstić information content (AvgIpc) is 3.34. The zero-order valence-corrected chi connectivity index (χ0v) is 19.2. The number of halogens is 3. The van der Waals surface area contributed by atoms with Crippen molar-refractivity contribution in [1.29, 1.82) is 0 Å². The van der Waals surface area contributed by atoms with Crippen LogP contribution in [-0.4, -0.2) is 41.5 Å². The molecule has 1 aliphatic heterocycles. The standard InChI is InChI=1S/C23H23F3N4O3S/c1-16-6-8-18(34(32,33)29-11-3-2-4-12-29)15-19(16)22(31)28-20-14-17(23(24,25)26)7-9-21(20)30-13-5-10-27-30/h5-10,13-15H,2-4,11-12H2,1H3,(H,28,31).